The van der Waals surface area contributed by atoms with Crippen LogP contribution < -0.4 is 9.64 Å². The molecule has 4 rings (SSSR count). The number of piperazine rings is 1. The summed E-state index contributed by atoms with van der Waals surface area (Å²) in [5.74, 6) is 1.04. The van der Waals surface area contributed by atoms with E-state index in [1.165, 1.54) is 0 Å². The summed E-state index contributed by atoms with van der Waals surface area (Å²) in [4.78, 5) is 19.7. The number of anilines is 1. The number of methoxy groups -OCH3 is 1. The van der Waals surface area contributed by atoms with Crippen molar-refractivity contribution in [1.82, 2.24) is 9.80 Å². The van der Waals surface area contributed by atoms with Crippen LogP contribution >= 0.6 is 0 Å². The first-order valence-electron chi connectivity index (χ1n) is 10.7. The minimum absolute atomic E-state index is 0.0597. The zero-order valence-corrected chi connectivity index (χ0v) is 17.9. The second-order valence-corrected chi connectivity index (χ2v) is 8.02. The second-order valence-electron chi connectivity index (χ2n) is 8.02. The predicted molar refractivity (Wildman–Crippen MR) is 118 cm³/mol. The van der Waals surface area contributed by atoms with Crippen LogP contribution in [-0.2, 0) is 4.74 Å². The first kappa shape index (κ1) is 20.7. The summed E-state index contributed by atoms with van der Waals surface area (Å²) in [6.07, 6.45) is 0.0597. The van der Waals surface area contributed by atoms with Gasteiger partial charge in [0.1, 0.15) is 5.75 Å². The van der Waals surface area contributed by atoms with Crippen molar-refractivity contribution < 1.29 is 14.3 Å². The van der Waals surface area contributed by atoms with E-state index in [0.717, 1.165) is 55.3 Å². The van der Waals surface area contributed by atoms with E-state index in [1.807, 2.05) is 48.2 Å². The van der Waals surface area contributed by atoms with Crippen LogP contribution in [0.25, 0.3) is 0 Å². The number of carbonyl (C=O) groups excluding carboxylic acids is 1. The van der Waals surface area contributed by atoms with Crippen LogP contribution in [0.1, 0.15) is 15.9 Å². The highest BCUT2D eigenvalue weighted by Gasteiger charge is 2.28. The first-order valence-corrected chi connectivity index (χ1v) is 10.7. The van der Waals surface area contributed by atoms with Crippen molar-refractivity contribution in [2.24, 2.45) is 0 Å². The third kappa shape index (κ3) is 4.60. The maximum absolute atomic E-state index is 13.0. The lowest BCUT2D eigenvalue weighted by atomic mass is 10.1. The Morgan fingerprint density at radius 2 is 1.77 bits per heavy atom. The molecule has 2 aromatic rings. The topological polar surface area (TPSA) is 45.2 Å². The van der Waals surface area contributed by atoms with Gasteiger partial charge in [-0.1, -0.05) is 30.3 Å². The summed E-state index contributed by atoms with van der Waals surface area (Å²) in [6.45, 7) is 8.63. The number of carbonyl (C=O) groups is 1. The molecule has 0 radical (unpaired) electrons. The van der Waals surface area contributed by atoms with E-state index in [2.05, 4.69) is 21.9 Å². The van der Waals surface area contributed by atoms with E-state index in [0.29, 0.717) is 19.7 Å². The maximum atomic E-state index is 13.0. The highest BCUT2D eigenvalue weighted by molar-refractivity contribution is 5.95. The number of para-hydroxylation sites is 2. The molecule has 2 heterocycles. The van der Waals surface area contributed by atoms with Crippen LogP contribution in [0.4, 0.5) is 5.69 Å². The number of ether oxygens (including phenoxy) is 2. The van der Waals surface area contributed by atoms with Crippen molar-refractivity contribution in [2.75, 3.05) is 64.4 Å². The SMILES string of the molecule is COc1ccccc1N1CCN(C[C@H]2CN(C(=O)c3ccccc3C)CCO2)CC1. The molecule has 0 aliphatic carbocycles. The van der Waals surface area contributed by atoms with Crippen molar-refractivity contribution in [2.45, 2.75) is 13.0 Å². The molecule has 6 nitrogen and oxygen atoms in total. The van der Waals surface area contributed by atoms with Gasteiger partial charge in [-0.15, -0.1) is 0 Å². The molecule has 0 saturated carbocycles. The fraction of sp³-hybridized carbons (Fsp3) is 0.458. The van der Waals surface area contributed by atoms with E-state index >= 15 is 0 Å². The Morgan fingerprint density at radius 3 is 2.53 bits per heavy atom. The van der Waals surface area contributed by atoms with Gasteiger partial charge >= 0.3 is 0 Å². The van der Waals surface area contributed by atoms with E-state index in [4.69, 9.17) is 9.47 Å². The summed E-state index contributed by atoms with van der Waals surface area (Å²) >= 11 is 0. The molecule has 2 aromatic carbocycles. The van der Waals surface area contributed by atoms with Gasteiger partial charge in [-0.25, -0.2) is 0 Å². The monoisotopic (exact) mass is 409 g/mol. The number of benzene rings is 2. The van der Waals surface area contributed by atoms with Crippen molar-refractivity contribution in [3.63, 3.8) is 0 Å². The van der Waals surface area contributed by atoms with Gasteiger partial charge in [-0.3, -0.25) is 9.69 Å². The minimum atomic E-state index is 0.0597. The number of hydrogen-bond donors (Lipinski definition) is 0. The molecule has 6 heteroatoms. The standard InChI is InChI=1S/C24H31N3O3/c1-19-7-3-4-8-21(19)24(28)27-15-16-30-20(18-27)17-25-11-13-26(14-12-25)22-9-5-6-10-23(22)29-2/h3-10,20H,11-18H2,1-2H3/t20-/m0/s1. The Hall–Kier alpha value is -2.57. The van der Waals surface area contributed by atoms with Gasteiger partial charge < -0.3 is 19.3 Å². The molecule has 0 spiro atoms. The van der Waals surface area contributed by atoms with Gasteiger partial charge in [0.05, 0.1) is 25.5 Å². The largest absolute Gasteiger partial charge is 0.495 e. The van der Waals surface area contributed by atoms with Crippen LogP contribution in [0.5, 0.6) is 5.75 Å². The van der Waals surface area contributed by atoms with Crippen LogP contribution in [0.3, 0.4) is 0 Å². The fourth-order valence-electron chi connectivity index (χ4n) is 4.35. The van der Waals surface area contributed by atoms with Crippen LogP contribution in [0.15, 0.2) is 48.5 Å². The predicted octanol–water partition coefficient (Wildman–Crippen LogP) is 2.67. The molecule has 2 fully saturated rings. The third-order valence-electron chi connectivity index (χ3n) is 6.06. The second kappa shape index (κ2) is 9.49. The molecule has 1 amide bonds. The number of hydrogen-bond acceptors (Lipinski definition) is 5. The Bertz CT molecular complexity index is 864. The molecule has 30 heavy (non-hydrogen) atoms. The minimum Gasteiger partial charge on any atom is -0.495 e. The molecule has 0 N–H and O–H groups in total. The Morgan fingerprint density at radius 1 is 1.03 bits per heavy atom. The highest BCUT2D eigenvalue weighted by atomic mass is 16.5. The van der Waals surface area contributed by atoms with Gasteiger partial charge in [-0.2, -0.15) is 0 Å². The van der Waals surface area contributed by atoms with E-state index in [9.17, 15) is 4.79 Å². The lowest BCUT2D eigenvalue weighted by molar-refractivity contribution is -0.0363. The smallest absolute Gasteiger partial charge is 0.254 e. The van der Waals surface area contributed by atoms with Crippen molar-refractivity contribution in [3.8, 4) is 5.75 Å². The number of amides is 1. The Kier molecular flexibility index (Phi) is 6.55. The zero-order chi connectivity index (χ0) is 20.9. The maximum Gasteiger partial charge on any atom is 0.254 e. The number of rotatable bonds is 5. The van der Waals surface area contributed by atoms with Crippen molar-refractivity contribution >= 4 is 11.6 Å². The van der Waals surface area contributed by atoms with Crippen LogP contribution in [0, 0.1) is 6.92 Å². The van der Waals surface area contributed by atoms with Gasteiger partial charge in [0.15, 0.2) is 0 Å². The molecule has 0 unspecified atom stereocenters. The van der Waals surface area contributed by atoms with E-state index in [-0.39, 0.29) is 12.0 Å². The number of aryl methyl sites for hydroxylation is 1. The summed E-state index contributed by atoms with van der Waals surface area (Å²) in [7, 11) is 1.72. The summed E-state index contributed by atoms with van der Waals surface area (Å²) in [6, 6.07) is 16.0. The summed E-state index contributed by atoms with van der Waals surface area (Å²) in [5.41, 5.74) is 2.98. The number of nitrogens with zero attached hydrogens (tertiary/aromatic N) is 3. The molecule has 0 aromatic heterocycles. The quantitative estimate of drug-likeness (QED) is 0.760. The molecule has 2 saturated heterocycles. The lowest BCUT2D eigenvalue weighted by Gasteiger charge is -2.40. The molecular formula is C24H31N3O3. The molecular weight excluding hydrogens is 378 g/mol. The van der Waals surface area contributed by atoms with E-state index in [1.54, 1.807) is 7.11 Å². The van der Waals surface area contributed by atoms with Crippen molar-refractivity contribution in [3.05, 3.63) is 59.7 Å². The Labute approximate surface area is 179 Å². The molecule has 160 valence electrons. The van der Waals surface area contributed by atoms with Gasteiger partial charge in [-0.05, 0) is 30.7 Å². The average molecular weight is 410 g/mol. The van der Waals surface area contributed by atoms with Crippen molar-refractivity contribution in [1.29, 1.82) is 0 Å². The molecule has 2 aliphatic heterocycles. The number of morpholine rings is 1. The van der Waals surface area contributed by atoms with Crippen LogP contribution in [0.2, 0.25) is 0 Å². The van der Waals surface area contributed by atoms with Gasteiger partial charge in [0, 0.05) is 51.4 Å². The first-order chi connectivity index (χ1) is 14.7. The average Bonchev–Trinajstić information content (AvgIpc) is 2.80. The third-order valence-corrected chi connectivity index (χ3v) is 6.06. The summed E-state index contributed by atoms with van der Waals surface area (Å²) in [5, 5.41) is 0. The summed E-state index contributed by atoms with van der Waals surface area (Å²) < 4.78 is 11.5. The van der Waals surface area contributed by atoms with E-state index < -0.39 is 0 Å². The van der Waals surface area contributed by atoms with Gasteiger partial charge in [0.2, 0.25) is 0 Å². The Balaban J connectivity index is 1.31. The van der Waals surface area contributed by atoms with Gasteiger partial charge in [0.25, 0.3) is 5.91 Å². The zero-order valence-electron chi connectivity index (χ0n) is 17.9. The molecule has 0 bridgehead atoms. The lowest BCUT2D eigenvalue weighted by Crippen LogP contribution is -2.53. The molecule has 1 atom stereocenters. The highest BCUT2D eigenvalue weighted by Crippen LogP contribution is 2.28. The van der Waals surface area contributed by atoms with Crippen LogP contribution in [-0.4, -0.2) is 81.3 Å². The normalized spacial score (nSPS) is 20.3. The molecule has 2 aliphatic rings. The fourth-order valence-corrected chi connectivity index (χ4v) is 4.35.